The van der Waals surface area contributed by atoms with Crippen LogP contribution in [-0.2, 0) is 0 Å². The maximum atomic E-state index is 4.36. The predicted octanol–water partition coefficient (Wildman–Crippen LogP) is 7.20. The fourth-order valence-electron chi connectivity index (χ4n) is 2.53. The monoisotopic (exact) mass is 357 g/mol. The first-order valence-electron chi connectivity index (χ1n) is 8.80. The Kier molecular flexibility index (Phi) is 5.71. The van der Waals surface area contributed by atoms with Gasteiger partial charge in [-0.15, -0.1) is 0 Å². The number of hydrogen-bond donors (Lipinski definition) is 0. The van der Waals surface area contributed by atoms with E-state index in [1.54, 1.807) is 0 Å². The Morgan fingerprint density at radius 1 is 0.593 bits per heavy atom. The fourth-order valence-corrected chi connectivity index (χ4v) is 2.53. The van der Waals surface area contributed by atoms with E-state index in [9.17, 15) is 0 Å². The molecule has 0 N–H and O–H groups in total. The zero-order valence-corrected chi connectivity index (χ0v) is 16.1. The van der Waals surface area contributed by atoms with Crippen molar-refractivity contribution >= 4 is 28.4 Å². The van der Waals surface area contributed by atoms with E-state index in [-0.39, 0.29) is 0 Å². The summed E-state index contributed by atoms with van der Waals surface area (Å²) in [6, 6.07) is 21.7. The number of benzene rings is 3. The zero-order chi connectivity index (χ0) is 19.2. The van der Waals surface area contributed by atoms with Gasteiger partial charge in [-0.1, -0.05) is 18.2 Å². The van der Waals surface area contributed by atoms with Gasteiger partial charge in [0.05, 0.1) is 22.7 Å². The van der Waals surface area contributed by atoms with Crippen LogP contribution in [0.25, 0.3) is 0 Å². The zero-order valence-electron chi connectivity index (χ0n) is 16.1. The number of aryl methyl sites for hydroxylation is 2. The molecule has 5 nitrogen and oxygen atoms in total. The molecule has 0 amide bonds. The number of azo groups is 2. The van der Waals surface area contributed by atoms with E-state index >= 15 is 0 Å². The summed E-state index contributed by atoms with van der Waals surface area (Å²) in [5.74, 6) is 0. The predicted molar refractivity (Wildman–Crippen MR) is 111 cm³/mol. The van der Waals surface area contributed by atoms with Crippen LogP contribution >= 0.6 is 0 Å². The van der Waals surface area contributed by atoms with Crippen LogP contribution in [0.15, 0.2) is 87.2 Å². The van der Waals surface area contributed by atoms with Crippen molar-refractivity contribution in [2.45, 2.75) is 13.8 Å². The van der Waals surface area contributed by atoms with Crippen molar-refractivity contribution in [1.82, 2.24) is 0 Å². The highest BCUT2D eigenvalue weighted by Gasteiger charge is 2.01. The molecule has 0 unspecified atom stereocenters. The van der Waals surface area contributed by atoms with Gasteiger partial charge in [-0.2, -0.15) is 20.5 Å². The molecule has 0 aromatic heterocycles. The second-order valence-corrected chi connectivity index (χ2v) is 6.57. The molecule has 136 valence electrons. The Bertz CT molecular complexity index is 972. The van der Waals surface area contributed by atoms with Crippen LogP contribution in [-0.4, -0.2) is 14.1 Å². The largest absolute Gasteiger partial charge is 0.378 e. The topological polar surface area (TPSA) is 52.7 Å². The van der Waals surface area contributed by atoms with Gasteiger partial charge in [0.2, 0.25) is 0 Å². The molecule has 0 aliphatic heterocycles. The van der Waals surface area contributed by atoms with E-state index in [2.05, 4.69) is 25.4 Å². The lowest BCUT2D eigenvalue weighted by Crippen LogP contribution is -2.07. The summed E-state index contributed by atoms with van der Waals surface area (Å²) < 4.78 is 0. The van der Waals surface area contributed by atoms with E-state index in [1.165, 1.54) is 0 Å². The maximum absolute atomic E-state index is 4.36. The van der Waals surface area contributed by atoms with Crippen LogP contribution in [0.3, 0.4) is 0 Å². The molecule has 0 bridgehead atoms. The summed E-state index contributed by atoms with van der Waals surface area (Å²) in [4.78, 5) is 2.05. The molecule has 0 aliphatic rings. The van der Waals surface area contributed by atoms with E-state index in [4.69, 9.17) is 0 Å². The van der Waals surface area contributed by atoms with E-state index in [0.717, 1.165) is 39.6 Å². The first-order chi connectivity index (χ1) is 13.0. The van der Waals surface area contributed by atoms with Crippen molar-refractivity contribution in [2.75, 3.05) is 19.0 Å². The van der Waals surface area contributed by atoms with E-state index in [0.29, 0.717) is 0 Å². The molecule has 3 aromatic carbocycles. The minimum absolute atomic E-state index is 0.796. The molecule has 0 heterocycles. The van der Waals surface area contributed by atoms with Crippen molar-refractivity contribution in [3.63, 3.8) is 0 Å². The van der Waals surface area contributed by atoms with E-state index < -0.39 is 0 Å². The molecule has 0 saturated carbocycles. The van der Waals surface area contributed by atoms with Gasteiger partial charge in [-0.05, 0) is 73.5 Å². The highest BCUT2D eigenvalue weighted by molar-refractivity contribution is 5.55. The molecule has 3 rings (SSSR count). The number of nitrogens with zero attached hydrogens (tertiary/aromatic N) is 5. The van der Waals surface area contributed by atoms with Crippen LogP contribution < -0.4 is 4.90 Å². The third-order valence-corrected chi connectivity index (χ3v) is 4.21. The highest BCUT2D eigenvalue weighted by Crippen LogP contribution is 2.28. The van der Waals surface area contributed by atoms with Crippen LogP contribution in [0.5, 0.6) is 0 Å². The normalized spacial score (nSPS) is 11.4. The van der Waals surface area contributed by atoms with Crippen molar-refractivity contribution in [1.29, 1.82) is 0 Å². The van der Waals surface area contributed by atoms with Crippen LogP contribution in [0.1, 0.15) is 11.1 Å². The molecule has 3 aromatic rings. The summed E-state index contributed by atoms with van der Waals surface area (Å²) >= 11 is 0. The second-order valence-electron chi connectivity index (χ2n) is 6.57. The molecular formula is C22H23N5. The quantitative estimate of drug-likeness (QED) is 0.445. The van der Waals surface area contributed by atoms with Gasteiger partial charge < -0.3 is 4.90 Å². The van der Waals surface area contributed by atoms with Crippen LogP contribution in [0, 0.1) is 13.8 Å². The van der Waals surface area contributed by atoms with Gasteiger partial charge in [0, 0.05) is 19.8 Å². The van der Waals surface area contributed by atoms with Gasteiger partial charge in [-0.3, -0.25) is 0 Å². The summed E-state index contributed by atoms with van der Waals surface area (Å²) in [7, 11) is 4.02. The fraction of sp³-hybridized carbons (Fsp3) is 0.182. The molecule has 0 radical (unpaired) electrons. The van der Waals surface area contributed by atoms with Crippen LogP contribution in [0.4, 0.5) is 28.4 Å². The minimum Gasteiger partial charge on any atom is -0.378 e. The number of anilines is 1. The summed E-state index contributed by atoms with van der Waals surface area (Å²) in [6.45, 7) is 4.02. The lowest BCUT2D eigenvalue weighted by Gasteiger charge is -2.11. The first kappa shape index (κ1) is 18.5. The standard InChI is InChI=1S/C22H23N5/c1-16-7-5-6-8-21(16)25-24-19-11-14-22(17(2)15-19)26-23-18-9-12-20(13-10-18)27(3)4/h5-15H,1-4H3. The molecule has 0 atom stereocenters. The minimum atomic E-state index is 0.796. The summed E-state index contributed by atoms with van der Waals surface area (Å²) in [5.41, 5.74) is 6.55. The Hall–Kier alpha value is -3.34. The lowest BCUT2D eigenvalue weighted by atomic mass is 10.2. The second kappa shape index (κ2) is 8.36. The smallest absolute Gasteiger partial charge is 0.0887 e. The molecule has 0 spiro atoms. The average Bonchev–Trinajstić information content (AvgIpc) is 2.67. The SMILES string of the molecule is Cc1ccccc1N=Nc1ccc(N=Nc2ccc(N(C)C)cc2)c(C)c1. The Balaban J connectivity index is 1.73. The van der Waals surface area contributed by atoms with Gasteiger partial charge >= 0.3 is 0 Å². The average molecular weight is 357 g/mol. The van der Waals surface area contributed by atoms with Crippen molar-refractivity contribution < 1.29 is 0 Å². The summed E-state index contributed by atoms with van der Waals surface area (Å²) in [5, 5.41) is 17.3. The Morgan fingerprint density at radius 3 is 1.81 bits per heavy atom. The van der Waals surface area contributed by atoms with Gasteiger partial charge in [0.15, 0.2) is 0 Å². The van der Waals surface area contributed by atoms with Crippen molar-refractivity contribution in [3.05, 3.63) is 77.9 Å². The van der Waals surface area contributed by atoms with Crippen LogP contribution in [0.2, 0.25) is 0 Å². The first-order valence-corrected chi connectivity index (χ1v) is 8.80. The Morgan fingerprint density at radius 2 is 1.19 bits per heavy atom. The molecular weight excluding hydrogens is 334 g/mol. The van der Waals surface area contributed by atoms with Crippen molar-refractivity contribution in [2.24, 2.45) is 20.5 Å². The molecule has 0 aliphatic carbocycles. The van der Waals surface area contributed by atoms with Gasteiger partial charge in [0.1, 0.15) is 0 Å². The molecule has 5 heteroatoms. The van der Waals surface area contributed by atoms with Crippen molar-refractivity contribution in [3.8, 4) is 0 Å². The maximum Gasteiger partial charge on any atom is 0.0887 e. The van der Waals surface area contributed by atoms with Gasteiger partial charge in [0.25, 0.3) is 0 Å². The Labute approximate surface area is 160 Å². The summed E-state index contributed by atoms with van der Waals surface area (Å²) in [6.07, 6.45) is 0. The van der Waals surface area contributed by atoms with Gasteiger partial charge in [-0.25, -0.2) is 0 Å². The van der Waals surface area contributed by atoms with E-state index in [1.807, 2.05) is 94.7 Å². The third-order valence-electron chi connectivity index (χ3n) is 4.21. The lowest BCUT2D eigenvalue weighted by molar-refractivity contribution is 1.13. The number of rotatable bonds is 5. The number of hydrogen-bond acceptors (Lipinski definition) is 5. The third kappa shape index (κ3) is 4.85. The molecule has 0 saturated heterocycles. The highest BCUT2D eigenvalue weighted by atomic mass is 15.1. The molecule has 27 heavy (non-hydrogen) atoms. The molecule has 0 fully saturated rings.